The Morgan fingerprint density at radius 1 is 1.10 bits per heavy atom. The van der Waals surface area contributed by atoms with E-state index in [1.165, 1.54) is 0 Å². The van der Waals surface area contributed by atoms with Gasteiger partial charge in [0, 0.05) is 18.3 Å². The van der Waals surface area contributed by atoms with Gasteiger partial charge in [0.2, 0.25) is 11.8 Å². The minimum atomic E-state index is 0.443. The lowest BCUT2D eigenvalue weighted by atomic mass is 10.3. The first-order valence-corrected chi connectivity index (χ1v) is 6.67. The Labute approximate surface area is 119 Å². The summed E-state index contributed by atoms with van der Waals surface area (Å²) in [5.41, 5.74) is 0.909. The molecular formula is C15H19N3O2. The van der Waals surface area contributed by atoms with Gasteiger partial charge < -0.3 is 14.8 Å². The molecule has 0 radical (unpaired) electrons. The van der Waals surface area contributed by atoms with Crippen molar-refractivity contribution in [2.45, 2.75) is 13.8 Å². The first-order chi connectivity index (χ1) is 9.79. The summed E-state index contributed by atoms with van der Waals surface area (Å²) >= 11 is 0. The Morgan fingerprint density at radius 3 is 2.60 bits per heavy atom. The van der Waals surface area contributed by atoms with Crippen LogP contribution in [0, 0.1) is 6.92 Å². The van der Waals surface area contributed by atoms with E-state index in [0.717, 1.165) is 17.9 Å². The number of hydrogen-bond donors (Lipinski definition) is 1. The van der Waals surface area contributed by atoms with E-state index in [4.69, 9.17) is 9.47 Å². The van der Waals surface area contributed by atoms with Crippen molar-refractivity contribution in [3.05, 3.63) is 42.1 Å². The van der Waals surface area contributed by atoms with Gasteiger partial charge in [-0.3, -0.25) is 0 Å². The van der Waals surface area contributed by atoms with Crippen molar-refractivity contribution < 1.29 is 9.47 Å². The van der Waals surface area contributed by atoms with E-state index in [1.807, 2.05) is 44.2 Å². The van der Waals surface area contributed by atoms with Crippen LogP contribution in [-0.2, 0) is 0 Å². The van der Waals surface area contributed by atoms with E-state index in [1.54, 1.807) is 6.20 Å². The number of aryl methyl sites for hydroxylation is 1. The van der Waals surface area contributed by atoms with E-state index in [9.17, 15) is 0 Å². The van der Waals surface area contributed by atoms with Crippen molar-refractivity contribution in [1.29, 1.82) is 0 Å². The molecule has 1 heterocycles. The Balaban J connectivity index is 1.83. The zero-order valence-electron chi connectivity index (χ0n) is 11.8. The molecule has 0 spiro atoms. The highest BCUT2D eigenvalue weighted by Gasteiger charge is 2.04. The third-order valence-corrected chi connectivity index (χ3v) is 2.59. The van der Waals surface area contributed by atoms with Gasteiger partial charge in [0.05, 0.1) is 0 Å². The number of hydrogen-bond acceptors (Lipinski definition) is 5. The fourth-order valence-electron chi connectivity index (χ4n) is 1.63. The number of anilines is 1. The molecule has 2 rings (SSSR count). The van der Waals surface area contributed by atoms with Crippen LogP contribution in [0.1, 0.15) is 12.5 Å². The third kappa shape index (κ3) is 4.12. The van der Waals surface area contributed by atoms with Gasteiger partial charge in [0.15, 0.2) is 0 Å². The molecule has 0 amide bonds. The van der Waals surface area contributed by atoms with Crippen LogP contribution in [0.4, 0.5) is 5.95 Å². The van der Waals surface area contributed by atoms with Crippen LogP contribution in [-0.4, -0.2) is 29.7 Å². The predicted octanol–water partition coefficient (Wildman–Crippen LogP) is 2.67. The molecule has 1 N–H and O–H groups in total. The van der Waals surface area contributed by atoms with Gasteiger partial charge in [-0.2, -0.15) is 4.98 Å². The summed E-state index contributed by atoms with van der Waals surface area (Å²) in [6, 6.07) is 9.66. The lowest BCUT2D eigenvalue weighted by Crippen LogP contribution is -2.11. The predicted molar refractivity (Wildman–Crippen MR) is 78.4 cm³/mol. The Bertz CT molecular complexity index is 532. The van der Waals surface area contributed by atoms with Crippen molar-refractivity contribution in [3.8, 4) is 11.6 Å². The minimum Gasteiger partial charge on any atom is -0.490 e. The van der Waals surface area contributed by atoms with Crippen LogP contribution in [0.2, 0.25) is 0 Å². The normalized spacial score (nSPS) is 10.1. The van der Waals surface area contributed by atoms with Crippen LogP contribution < -0.4 is 14.8 Å². The summed E-state index contributed by atoms with van der Waals surface area (Å²) < 4.78 is 11.2. The molecule has 0 saturated carbocycles. The number of aromatic nitrogens is 2. The molecule has 1 aromatic heterocycles. The first-order valence-electron chi connectivity index (χ1n) is 6.67. The van der Waals surface area contributed by atoms with Gasteiger partial charge in [-0.15, -0.1) is 0 Å². The highest BCUT2D eigenvalue weighted by molar-refractivity contribution is 5.32. The quantitative estimate of drug-likeness (QED) is 0.786. The molecule has 0 bridgehead atoms. The van der Waals surface area contributed by atoms with Crippen LogP contribution in [0.5, 0.6) is 11.6 Å². The molecule has 1 aromatic carbocycles. The SMILES string of the molecule is CCNc1ncc(C)c(OCCOc2ccccc2)n1. The van der Waals surface area contributed by atoms with Crippen molar-refractivity contribution in [1.82, 2.24) is 9.97 Å². The monoisotopic (exact) mass is 273 g/mol. The van der Waals surface area contributed by atoms with Crippen LogP contribution >= 0.6 is 0 Å². The molecule has 5 heteroatoms. The fourth-order valence-corrected chi connectivity index (χ4v) is 1.63. The maximum absolute atomic E-state index is 5.63. The number of benzene rings is 1. The largest absolute Gasteiger partial charge is 0.490 e. The summed E-state index contributed by atoms with van der Waals surface area (Å²) in [5, 5.41) is 3.06. The molecule has 0 aliphatic carbocycles. The van der Waals surface area contributed by atoms with Gasteiger partial charge in [-0.05, 0) is 26.0 Å². The van der Waals surface area contributed by atoms with Gasteiger partial charge >= 0.3 is 0 Å². The lowest BCUT2D eigenvalue weighted by Gasteiger charge is -2.10. The zero-order valence-corrected chi connectivity index (χ0v) is 11.8. The molecule has 20 heavy (non-hydrogen) atoms. The highest BCUT2D eigenvalue weighted by atomic mass is 16.5. The number of nitrogens with zero attached hydrogens (tertiary/aromatic N) is 2. The molecule has 106 valence electrons. The first kappa shape index (κ1) is 14.1. The molecule has 0 unspecified atom stereocenters. The van der Waals surface area contributed by atoms with Crippen LogP contribution in [0.25, 0.3) is 0 Å². The number of para-hydroxylation sites is 1. The van der Waals surface area contributed by atoms with Gasteiger partial charge in [0.25, 0.3) is 0 Å². The van der Waals surface area contributed by atoms with Crippen LogP contribution in [0.3, 0.4) is 0 Å². The molecule has 5 nitrogen and oxygen atoms in total. The summed E-state index contributed by atoms with van der Waals surface area (Å²) in [7, 11) is 0. The Hall–Kier alpha value is -2.30. The third-order valence-electron chi connectivity index (χ3n) is 2.59. The molecule has 0 aliphatic rings. The van der Waals surface area contributed by atoms with Crippen LogP contribution in [0.15, 0.2) is 36.5 Å². The smallest absolute Gasteiger partial charge is 0.225 e. The average molecular weight is 273 g/mol. The molecular weight excluding hydrogens is 254 g/mol. The second kappa shape index (κ2) is 7.33. The molecule has 0 aliphatic heterocycles. The van der Waals surface area contributed by atoms with Crippen molar-refractivity contribution in [2.75, 3.05) is 25.1 Å². The average Bonchev–Trinajstić information content (AvgIpc) is 2.48. The number of nitrogens with one attached hydrogen (secondary N) is 1. The fraction of sp³-hybridized carbons (Fsp3) is 0.333. The standard InChI is InChI=1S/C15H19N3O2/c1-3-16-15-17-11-12(2)14(18-15)20-10-9-19-13-7-5-4-6-8-13/h4-8,11H,3,9-10H2,1-2H3,(H,16,17,18). The van der Waals surface area contributed by atoms with Gasteiger partial charge in [0.1, 0.15) is 19.0 Å². The van der Waals surface area contributed by atoms with Gasteiger partial charge in [-0.25, -0.2) is 4.98 Å². The minimum absolute atomic E-state index is 0.443. The van der Waals surface area contributed by atoms with E-state index in [2.05, 4.69) is 15.3 Å². The summed E-state index contributed by atoms with van der Waals surface area (Å²) in [5.74, 6) is 2.01. The molecule has 2 aromatic rings. The Morgan fingerprint density at radius 2 is 1.85 bits per heavy atom. The summed E-state index contributed by atoms with van der Waals surface area (Å²) in [6.07, 6.45) is 1.75. The van der Waals surface area contributed by atoms with Crippen molar-refractivity contribution in [2.24, 2.45) is 0 Å². The van der Waals surface area contributed by atoms with E-state index >= 15 is 0 Å². The van der Waals surface area contributed by atoms with Crippen molar-refractivity contribution >= 4 is 5.95 Å². The summed E-state index contributed by atoms with van der Waals surface area (Å²) in [4.78, 5) is 8.48. The molecule has 0 atom stereocenters. The maximum atomic E-state index is 5.63. The van der Waals surface area contributed by atoms with E-state index in [-0.39, 0.29) is 0 Å². The second-order valence-corrected chi connectivity index (χ2v) is 4.22. The molecule has 0 saturated heterocycles. The van der Waals surface area contributed by atoms with Crippen molar-refractivity contribution in [3.63, 3.8) is 0 Å². The topological polar surface area (TPSA) is 56.3 Å². The maximum Gasteiger partial charge on any atom is 0.225 e. The zero-order chi connectivity index (χ0) is 14.2. The van der Waals surface area contributed by atoms with E-state index < -0.39 is 0 Å². The summed E-state index contributed by atoms with van der Waals surface area (Å²) in [6.45, 7) is 5.61. The highest BCUT2D eigenvalue weighted by Crippen LogP contribution is 2.15. The number of ether oxygens (including phenoxy) is 2. The molecule has 0 fully saturated rings. The Kier molecular flexibility index (Phi) is 5.17. The van der Waals surface area contributed by atoms with Gasteiger partial charge in [-0.1, -0.05) is 18.2 Å². The van der Waals surface area contributed by atoms with E-state index in [0.29, 0.717) is 25.0 Å². The second-order valence-electron chi connectivity index (χ2n) is 4.22. The number of rotatable bonds is 7. The lowest BCUT2D eigenvalue weighted by molar-refractivity contribution is 0.211.